The van der Waals surface area contributed by atoms with Gasteiger partial charge in [0.25, 0.3) is 0 Å². The van der Waals surface area contributed by atoms with Crippen LogP contribution < -0.4 is 10.6 Å². The van der Waals surface area contributed by atoms with Crippen LogP contribution in [0.25, 0.3) is 0 Å². The van der Waals surface area contributed by atoms with Crippen LogP contribution in [0.4, 0.5) is 0 Å². The molecular formula is C12H19ClN4O. The van der Waals surface area contributed by atoms with E-state index >= 15 is 0 Å². The van der Waals surface area contributed by atoms with Gasteiger partial charge in [0.1, 0.15) is 0 Å². The van der Waals surface area contributed by atoms with Crippen LogP contribution in [0.15, 0.2) is 12.4 Å². The highest BCUT2D eigenvalue weighted by atomic mass is 35.5. The molecule has 18 heavy (non-hydrogen) atoms. The molecule has 1 aromatic heterocycles. The molecule has 1 aliphatic heterocycles. The lowest BCUT2D eigenvalue weighted by atomic mass is 10.0. The molecule has 2 heterocycles. The lowest BCUT2D eigenvalue weighted by molar-refractivity contribution is -0.121. The van der Waals surface area contributed by atoms with Crippen molar-refractivity contribution in [3.63, 3.8) is 0 Å². The molecule has 1 aromatic rings. The van der Waals surface area contributed by atoms with Gasteiger partial charge >= 0.3 is 0 Å². The lowest BCUT2D eigenvalue weighted by Gasteiger charge is -2.09. The van der Waals surface area contributed by atoms with E-state index in [0.717, 1.165) is 32.5 Å². The molecule has 2 rings (SSSR count). The van der Waals surface area contributed by atoms with Crippen LogP contribution >= 0.6 is 11.6 Å². The van der Waals surface area contributed by atoms with Crippen molar-refractivity contribution in [3.05, 3.63) is 17.4 Å². The molecule has 0 aliphatic carbocycles. The van der Waals surface area contributed by atoms with Gasteiger partial charge < -0.3 is 10.6 Å². The van der Waals surface area contributed by atoms with Crippen LogP contribution in [0, 0.1) is 5.92 Å². The van der Waals surface area contributed by atoms with E-state index in [9.17, 15) is 4.79 Å². The third-order valence-electron chi connectivity index (χ3n) is 3.12. The third-order valence-corrected chi connectivity index (χ3v) is 3.32. The monoisotopic (exact) mass is 270 g/mol. The number of aryl methyl sites for hydroxylation is 1. The summed E-state index contributed by atoms with van der Waals surface area (Å²) >= 11 is 5.76. The number of halogens is 1. The molecule has 5 nitrogen and oxygen atoms in total. The van der Waals surface area contributed by atoms with Gasteiger partial charge in [-0.25, -0.2) is 0 Å². The normalized spacial score (nSPS) is 19.1. The van der Waals surface area contributed by atoms with Gasteiger partial charge in [-0.1, -0.05) is 11.6 Å². The van der Waals surface area contributed by atoms with Gasteiger partial charge in [0.15, 0.2) is 0 Å². The highest BCUT2D eigenvalue weighted by Gasteiger charge is 2.17. The van der Waals surface area contributed by atoms with Crippen molar-refractivity contribution < 1.29 is 4.79 Å². The maximum atomic E-state index is 11.6. The van der Waals surface area contributed by atoms with Crippen molar-refractivity contribution in [1.82, 2.24) is 20.4 Å². The maximum Gasteiger partial charge on any atom is 0.220 e. The van der Waals surface area contributed by atoms with Gasteiger partial charge in [-0.05, 0) is 31.8 Å². The average Bonchev–Trinajstić information content (AvgIpc) is 2.96. The Labute approximate surface area is 112 Å². The summed E-state index contributed by atoms with van der Waals surface area (Å²) < 4.78 is 1.79. The van der Waals surface area contributed by atoms with Crippen molar-refractivity contribution in [3.8, 4) is 0 Å². The second-order valence-electron chi connectivity index (χ2n) is 4.69. The zero-order valence-electron chi connectivity index (χ0n) is 10.4. The predicted octanol–water partition coefficient (Wildman–Crippen LogP) is 1.04. The molecule has 100 valence electrons. The van der Waals surface area contributed by atoms with Crippen LogP contribution in [-0.2, 0) is 11.3 Å². The fourth-order valence-corrected chi connectivity index (χ4v) is 2.31. The van der Waals surface area contributed by atoms with Gasteiger partial charge in [0.05, 0.1) is 11.2 Å². The summed E-state index contributed by atoms with van der Waals surface area (Å²) in [5.74, 6) is 0.664. The molecule has 1 fully saturated rings. The number of carbonyl (C=O) groups is 1. The SMILES string of the molecule is O=C(C[C@@H]1CCNC1)NCCCn1cc(Cl)cn1. The quantitative estimate of drug-likeness (QED) is 0.760. The first-order valence-corrected chi connectivity index (χ1v) is 6.77. The molecule has 0 bridgehead atoms. The Balaban J connectivity index is 1.56. The topological polar surface area (TPSA) is 59.0 Å². The van der Waals surface area contributed by atoms with Crippen molar-refractivity contribution in [1.29, 1.82) is 0 Å². The number of amides is 1. The fourth-order valence-electron chi connectivity index (χ4n) is 2.15. The van der Waals surface area contributed by atoms with E-state index in [2.05, 4.69) is 15.7 Å². The summed E-state index contributed by atoms with van der Waals surface area (Å²) in [6, 6.07) is 0. The van der Waals surface area contributed by atoms with Gasteiger partial charge in [0, 0.05) is 25.7 Å². The Kier molecular flexibility index (Phi) is 5.01. The average molecular weight is 271 g/mol. The summed E-state index contributed by atoms with van der Waals surface area (Å²) in [6.07, 6.45) is 6.02. The molecule has 0 saturated carbocycles. The molecule has 2 N–H and O–H groups in total. The Morgan fingerprint density at radius 1 is 1.67 bits per heavy atom. The Bertz CT molecular complexity index is 387. The second kappa shape index (κ2) is 6.75. The van der Waals surface area contributed by atoms with Gasteiger partial charge in [-0.3, -0.25) is 9.48 Å². The fraction of sp³-hybridized carbons (Fsp3) is 0.667. The number of carbonyl (C=O) groups excluding carboxylic acids is 1. The van der Waals surface area contributed by atoms with E-state index in [-0.39, 0.29) is 5.91 Å². The van der Waals surface area contributed by atoms with E-state index in [4.69, 9.17) is 11.6 Å². The van der Waals surface area contributed by atoms with Gasteiger partial charge in [0.2, 0.25) is 5.91 Å². The largest absolute Gasteiger partial charge is 0.356 e. The highest BCUT2D eigenvalue weighted by Crippen LogP contribution is 2.11. The minimum absolute atomic E-state index is 0.155. The first kappa shape index (κ1) is 13.4. The molecule has 0 aromatic carbocycles. The molecule has 1 saturated heterocycles. The Hall–Kier alpha value is -1.07. The minimum Gasteiger partial charge on any atom is -0.356 e. The number of aromatic nitrogens is 2. The molecule has 6 heteroatoms. The highest BCUT2D eigenvalue weighted by molar-refractivity contribution is 6.30. The predicted molar refractivity (Wildman–Crippen MR) is 70.5 cm³/mol. The van der Waals surface area contributed by atoms with Crippen LogP contribution in [0.1, 0.15) is 19.3 Å². The Morgan fingerprint density at radius 2 is 2.56 bits per heavy atom. The minimum atomic E-state index is 0.155. The van der Waals surface area contributed by atoms with Crippen LogP contribution in [0.5, 0.6) is 0 Å². The molecule has 1 atom stereocenters. The van der Waals surface area contributed by atoms with Crippen molar-refractivity contribution >= 4 is 17.5 Å². The van der Waals surface area contributed by atoms with Crippen LogP contribution in [0.3, 0.4) is 0 Å². The molecule has 1 aliphatic rings. The van der Waals surface area contributed by atoms with Crippen molar-refractivity contribution in [2.45, 2.75) is 25.8 Å². The standard InChI is InChI=1S/C12H19ClN4O/c13-11-8-16-17(9-11)5-1-3-15-12(18)6-10-2-4-14-7-10/h8-10,14H,1-7H2,(H,15,18)/t10-/m0/s1. The van der Waals surface area contributed by atoms with Crippen molar-refractivity contribution in [2.75, 3.05) is 19.6 Å². The van der Waals surface area contributed by atoms with Crippen molar-refractivity contribution in [2.24, 2.45) is 5.92 Å². The third kappa shape index (κ3) is 4.31. The summed E-state index contributed by atoms with van der Waals surface area (Å²) in [4.78, 5) is 11.6. The van der Waals surface area contributed by atoms with E-state index in [1.54, 1.807) is 17.1 Å². The Morgan fingerprint density at radius 3 is 3.22 bits per heavy atom. The molecule has 0 radical (unpaired) electrons. The van der Waals surface area contributed by atoms with Gasteiger partial charge in [-0.15, -0.1) is 0 Å². The summed E-state index contributed by atoms with van der Waals surface area (Å²) in [5, 5.41) is 10.9. The van der Waals surface area contributed by atoms with Crippen LogP contribution in [0.2, 0.25) is 5.02 Å². The van der Waals surface area contributed by atoms with E-state index < -0.39 is 0 Å². The zero-order valence-corrected chi connectivity index (χ0v) is 11.1. The first-order chi connectivity index (χ1) is 8.74. The summed E-state index contributed by atoms with van der Waals surface area (Å²) in [7, 11) is 0. The van der Waals surface area contributed by atoms with E-state index in [0.29, 0.717) is 23.9 Å². The van der Waals surface area contributed by atoms with E-state index in [1.165, 1.54) is 0 Å². The van der Waals surface area contributed by atoms with Crippen LogP contribution in [-0.4, -0.2) is 35.3 Å². The smallest absolute Gasteiger partial charge is 0.220 e. The molecular weight excluding hydrogens is 252 g/mol. The number of rotatable bonds is 6. The molecule has 1 amide bonds. The molecule has 0 spiro atoms. The molecule has 0 unspecified atom stereocenters. The number of nitrogens with one attached hydrogen (secondary N) is 2. The summed E-state index contributed by atoms with van der Waals surface area (Å²) in [5.41, 5.74) is 0. The number of hydrogen-bond donors (Lipinski definition) is 2. The lowest BCUT2D eigenvalue weighted by Crippen LogP contribution is -2.27. The number of nitrogens with zero attached hydrogens (tertiary/aromatic N) is 2. The zero-order chi connectivity index (χ0) is 12.8. The second-order valence-corrected chi connectivity index (χ2v) is 5.12. The maximum absolute atomic E-state index is 11.6. The van der Waals surface area contributed by atoms with Gasteiger partial charge in [-0.2, -0.15) is 5.10 Å². The van der Waals surface area contributed by atoms with E-state index in [1.807, 2.05) is 0 Å². The summed E-state index contributed by atoms with van der Waals surface area (Å²) in [6.45, 7) is 3.48. The first-order valence-electron chi connectivity index (χ1n) is 6.39. The number of hydrogen-bond acceptors (Lipinski definition) is 3.